The van der Waals surface area contributed by atoms with Gasteiger partial charge in [0.15, 0.2) is 0 Å². The van der Waals surface area contributed by atoms with Crippen LogP contribution in [0.1, 0.15) is 12.5 Å². The van der Waals surface area contributed by atoms with Crippen LogP contribution in [0.3, 0.4) is 0 Å². The zero-order valence-corrected chi connectivity index (χ0v) is 10.1. The molecule has 0 saturated heterocycles. The summed E-state index contributed by atoms with van der Waals surface area (Å²) in [5.41, 5.74) is 7.37. The summed E-state index contributed by atoms with van der Waals surface area (Å²) in [6.45, 7) is 2.06. The highest BCUT2D eigenvalue weighted by atomic mass is 16.5. The molecule has 0 aliphatic carbocycles. The van der Waals surface area contributed by atoms with Crippen molar-refractivity contribution in [2.24, 2.45) is 0 Å². The molecule has 92 valence electrons. The maximum Gasteiger partial charge on any atom is 0.219 e. The second-order valence-electron chi connectivity index (χ2n) is 4.43. The Balaban J connectivity index is 1.82. The van der Waals surface area contributed by atoms with Crippen molar-refractivity contribution in [2.75, 3.05) is 5.73 Å². The van der Waals surface area contributed by atoms with Gasteiger partial charge in [0.05, 0.1) is 11.9 Å². The molecule has 1 aromatic carbocycles. The third kappa shape index (κ3) is 2.09. The van der Waals surface area contributed by atoms with E-state index in [1.165, 1.54) is 5.56 Å². The number of fused-ring (bicyclic) bond motifs is 1. The number of rotatable bonds is 2. The van der Waals surface area contributed by atoms with Crippen molar-refractivity contribution in [3.05, 3.63) is 42.1 Å². The molecular formula is C14H14N2O2. The van der Waals surface area contributed by atoms with E-state index in [-0.39, 0.29) is 6.10 Å². The fraction of sp³-hybridized carbons (Fsp3) is 0.214. The number of aromatic nitrogens is 1. The number of nitrogens with zero attached hydrogens (tertiary/aromatic N) is 1. The van der Waals surface area contributed by atoms with Gasteiger partial charge >= 0.3 is 0 Å². The molecule has 1 unspecified atom stereocenters. The van der Waals surface area contributed by atoms with E-state index in [1.54, 1.807) is 18.3 Å². The predicted molar refractivity (Wildman–Crippen MR) is 69.0 cm³/mol. The number of nitrogens with two attached hydrogens (primary N) is 1. The number of anilines is 1. The maximum atomic E-state index is 5.67. The van der Waals surface area contributed by atoms with Gasteiger partial charge in [-0.3, -0.25) is 0 Å². The van der Waals surface area contributed by atoms with Crippen molar-refractivity contribution in [3.8, 4) is 17.4 Å². The highest BCUT2D eigenvalue weighted by Crippen LogP contribution is 2.33. The van der Waals surface area contributed by atoms with Gasteiger partial charge in [0.2, 0.25) is 5.88 Å². The quantitative estimate of drug-likeness (QED) is 0.879. The Morgan fingerprint density at radius 3 is 3.00 bits per heavy atom. The number of pyridine rings is 1. The molecule has 1 aliphatic heterocycles. The van der Waals surface area contributed by atoms with Gasteiger partial charge in [0, 0.05) is 18.1 Å². The minimum absolute atomic E-state index is 0.241. The first kappa shape index (κ1) is 10.9. The Labute approximate surface area is 105 Å². The van der Waals surface area contributed by atoms with Crippen molar-refractivity contribution in [3.63, 3.8) is 0 Å². The van der Waals surface area contributed by atoms with Gasteiger partial charge in [-0.25, -0.2) is 4.98 Å². The first-order valence-corrected chi connectivity index (χ1v) is 5.90. The van der Waals surface area contributed by atoms with Crippen LogP contribution in [0.25, 0.3) is 0 Å². The third-order valence-electron chi connectivity index (χ3n) is 2.85. The smallest absolute Gasteiger partial charge is 0.219 e. The number of ether oxygens (including phenoxy) is 2. The summed E-state index contributed by atoms with van der Waals surface area (Å²) in [5.74, 6) is 2.25. The molecule has 0 amide bonds. The molecule has 4 nitrogen and oxygen atoms in total. The van der Waals surface area contributed by atoms with Crippen LogP contribution >= 0.6 is 0 Å². The minimum Gasteiger partial charge on any atom is -0.490 e. The second-order valence-corrected chi connectivity index (χ2v) is 4.43. The summed E-state index contributed by atoms with van der Waals surface area (Å²) in [6, 6.07) is 9.33. The molecule has 0 fully saturated rings. The zero-order valence-electron chi connectivity index (χ0n) is 10.1. The summed E-state index contributed by atoms with van der Waals surface area (Å²) in [5, 5.41) is 0. The summed E-state index contributed by atoms with van der Waals surface area (Å²) in [7, 11) is 0. The largest absolute Gasteiger partial charge is 0.490 e. The molecule has 1 aliphatic rings. The molecule has 0 spiro atoms. The van der Waals surface area contributed by atoms with E-state index < -0.39 is 0 Å². The lowest BCUT2D eigenvalue weighted by Gasteiger charge is -2.06. The van der Waals surface area contributed by atoms with Gasteiger partial charge in [-0.15, -0.1) is 0 Å². The summed E-state index contributed by atoms with van der Waals surface area (Å²) < 4.78 is 11.3. The topological polar surface area (TPSA) is 57.4 Å². The van der Waals surface area contributed by atoms with Crippen LogP contribution in [0.4, 0.5) is 5.69 Å². The van der Waals surface area contributed by atoms with Crippen molar-refractivity contribution in [1.82, 2.24) is 4.98 Å². The van der Waals surface area contributed by atoms with Crippen LogP contribution in [0.2, 0.25) is 0 Å². The van der Waals surface area contributed by atoms with Crippen molar-refractivity contribution < 1.29 is 9.47 Å². The van der Waals surface area contributed by atoms with E-state index in [0.717, 1.165) is 17.9 Å². The van der Waals surface area contributed by atoms with Crippen molar-refractivity contribution in [1.29, 1.82) is 0 Å². The van der Waals surface area contributed by atoms with Gasteiger partial charge in [-0.05, 0) is 31.2 Å². The van der Waals surface area contributed by atoms with E-state index >= 15 is 0 Å². The molecule has 2 heterocycles. The maximum absolute atomic E-state index is 5.67. The van der Waals surface area contributed by atoms with Crippen LogP contribution < -0.4 is 15.2 Å². The molecule has 18 heavy (non-hydrogen) atoms. The van der Waals surface area contributed by atoms with Crippen molar-refractivity contribution >= 4 is 5.69 Å². The minimum atomic E-state index is 0.241. The molecule has 1 atom stereocenters. The first-order valence-electron chi connectivity index (χ1n) is 5.90. The molecule has 1 aromatic heterocycles. The van der Waals surface area contributed by atoms with E-state index in [9.17, 15) is 0 Å². The van der Waals surface area contributed by atoms with E-state index in [1.807, 2.05) is 18.2 Å². The average molecular weight is 242 g/mol. The Morgan fingerprint density at radius 1 is 1.33 bits per heavy atom. The third-order valence-corrected chi connectivity index (χ3v) is 2.85. The van der Waals surface area contributed by atoms with Crippen LogP contribution in [0.15, 0.2) is 36.5 Å². The zero-order chi connectivity index (χ0) is 12.5. The highest BCUT2D eigenvalue weighted by Gasteiger charge is 2.19. The molecule has 4 heteroatoms. The standard InChI is InChI=1S/C14H14N2O2/c1-9-6-10-7-12(3-4-13(10)17-9)18-14-5-2-11(15)8-16-14/h2-5,7-9H,6,15H2,1H3. The van der Waals surface area contributed by atoms with Gasteiger partial charge in [0.1, 0.15) is 17.6 Å². The molecule has 2 aromatic rings. The van der Waals surface area contributed by atoms with Gasteiger partial charge in [0.25, 0.3) is 0 Å². The van der Waals surface area contributed by atoms with Crippen molar-refractivity contribution in [2.45, 2.75) is 19.4 Å². The number of hydrogen-bond acceptors (Lipinski definition) is 4. The lowest BCUT2D eigenvalue weighted by atomic mass is 10.1. The molecular weight excluding hydrogens is 228 g/mol. The fourth-order valence-corrected chi connectivity index (χ4v) is 2.03. The average Bonchev–Trinajstić information content (AvgIpc) is 2.71. The van der Waals surface area contributed by atoms with E-state index in [2.05, 4.69) is 11.9 Å². The summed E-state index contributed by atoms with van der Waals surface area (Å²) in [4.78, 5) is 4.10. The Bertz CT molecular complexity index is 567. The number of benzene rings is 1. The molecule has 0 radical (unpaired) electrons. The van der Waals surface area contributed by atoms with Crippen LogP contribution in [0, 0.1) is 0 Å². The van der Waals surface area contributed by atoms with Gasteiger partial charge in [-0.1, -0.05) is 0 Å². The van der Waals surface area contributed by atoms with Gasteiger partial charge < -0.3 is 15.2 Å². The molecule has 0 saturated carbocycles. The normalized spacial score (nSPS) is 17.1. The highest BCUT2D eigenvalue weighted by molar-refractivity contribution is 5.44. The summed E-state index contributed by atoms with van der Waals surface area (Å²) >= 11 is 0. The number of hydrogen-bond donors (Lipinski definition) is 1. The molecule has 0 bridgehead atoms. The Morgan fingerprint density at radius 2 is 2.22 bits per heavy atom. The predicted octanol–water partition coefficient (Wildman–Crippen LogP) is 2.78. The Kier molecular flexibility index (Phi) is 2.55. The molecule has 2 N–H and O–H groups in total. The fourth-order valence-electron chi connectivity index (χ4n) is 2.03. The van der Waals surface area contributed by atoms with Gasteiger partial charge in [-0.2, -0.15) is 0 Å². The lowest BCUT2D eigenvalue weighted by molar-refractivity contribution is 0.254. The second kappa shape index (κ2) is 4.22. The van der Waals surface area contributed by atoms with Crippen LogP contribution in [-0.2, 0) is 6.42 Å². The first-order chi connectivity index (χ1) is 8.70. The van der Waals surface area contributed by atoms with Crippen LogP contribution in [-0.4, -0.2) is 11.1 Å². The molecule has 3 rings (SSSR count). The Hall–Kier alpha value is -2.23. The van der Waals surface area contributed by atoms with E-state index in [0.29, 0.717) is 11.6 Å². The number of nitrogen functional groups attached to an aromatic ring is 1. The SMILES string of the molecule is CC1Cc2cc(Oc3ccc(N)cn3)ccc2O1. The van der Waals surface area contributed by atoms with Crippen LogP contribution in [0.5, 0.6) is 17.4 Å². The monoisotopic (exact) mass is 242 g/mol. The summed E-state index contributed by atoms with van der Waals surface area (Å²) in [6.07, 6.45) is 2.74. The van der Waals surface area contributed by atoms with E-state index in [4.69, 9.17) is 15.2 Å². The lowest BCUT2D eigenvalue weighted by Crippen LogP contribution is -2.05.